The van der Waals surface area contributed by atoms with Crippen molar-refractivity contribution in [1.29, 1.82) is 0 Å². The predicted octanol–water partition coefficient (Wildman–Crippen LogP) is 1.53. The third kappa shape index (κ3) is 4.26. The summed E-state index contributed by atoms with van der Waals surface area (Å²) in [4.78, 5) is 25.6. The highest BCUT2D eigenvalue weighted by atomic mass is 16.6. The molecule has 3 N–H and O–H groups in total. The standard InChI is InChI=1S/C21H23N3O4/c25-20(23-21(26)22-16-5-2-1-3-6-16)14-24-10-4-7-17(24)15-8-9-18-19(13-15)28-12-11-27-18/h1-3,5-6,8-9,13,17H,4,7,10-12,14H2,(H2,22,23,25,26)/p+1/t17-/m1/s1. The van der Waals surface area contributed by atoms with Crippen LogP contribution in [0.1, 0.15) is 24.4 Å². The van der Waals surface area contributed by atoms with E-state index in [9.17, 15) is 9.59 Å². The molecule has 7 heteroatoms. The van der Waals surface area contributed by atoms with Crippen molar-refractivity contribution < 1.29 is 24.0 Å². The molecule has 0 aliphatic carbocycles. The third-order valence-corrected chi connectivity index (χ3v) is 5.12. The number of amides is 3. The molecule has 1 fully saturated rings. The Balaban J connectivity index is 1.36. The highest BCUT2D eigenvalue weighted by Crippen LogP contribution is 2.33. The van der Waals surface area contributed by atoms with Gasteiger partial charge in [0, 0.05) is 24.1 Å². The molecule has 3 amide bonds. The summed E-state index contributed by atoms with van der Waals surface area (Å²) in [6.45, 7) is 2.27. The SMILES string of the molecule is O=C(C[NH+]1CCC[C@@H]1c1ccc2c(c1)OCCO2)NC(=O)Nc1ccccc1. The van der Waals surface area contributed by atoms with E-state index in [1.807, 2.05) is 36.4 Å². The van der Waals surface area contributed by atoms with E-state index in [0.717, 1.165) is 41.3 Å². The second-order valence-corrected chi connectivity index (χ2v) is 7.05. The molecule has 7 nitrogen and oxygen atoms in total. The lowest BCUT2D eigenvalue weighted by Crippen LogP contribution is -3.11. The number of urea groups is 1. The van der Waals surface area contributed by atoms with Crippen molar-refractivity contribution in [2.24, 2.45) is 0 Å². The van der Waals surface area contributed by atoms with Crippen LogP contribution in [0.25, 0.3) is 0 Å². The van der Waals surface area contributed by atoms with Crippen LogP contribution in [0.2, 0.25) is 0 Å². The Kier molecular flexibility index (Phi) is 5.43. The summed E-state index contributed by atoms with van der Waals surface area (Å²) >= 11 is 0. The Morgan fingerprint density at radius 1 is 1.04 bits per heavy atom. The number of likely N-dealkylation sites (tertiary alicyclic amines) is 1. The van der Waals surface area contributed by atoms with Gasteiger partial charge in [0.1, 0.15) is 19.3 Å². The third-order valence-electron chi connectivity index (χ3n) is 5.12. The molecule has 2 aromatic rings. The summed E-state index contributed by atoms with van der Waals surface area (Å²) in [6, 6.07) is 14.8. The minimum Gasteiger partial charge on any atom is -0.486 e. The maximum Gasteiger partial charge on any atom is 0.326 e. The van der Waals surface area contributed by atoms with Gasteiger partial charge in [0.2, 0.25) is 0 Å². The fourth-order valence-electron chi connectivity index (χ4n) is 3.86. The van der Waals surface area contributed by atoms with E-state index >= 15 is 0 Å². The molecule has 4 rings (SSSR count). The van der Waals surface area contributed by atoms with Gasteiger partial charge in [0.05, 0.1) is 6.54 Å². The number of quaternary nitrogens is 1. The molecule has 2 heterocycles. The van der Waals surface area contributed by atoms with Gasteiger partial charge in [-0.2, -0.15) is 0 Å². The number of hydrogen-bond donors (Lipinski definition) is 3. The Morgan fingerprint density at radius 2 is 1.82 bits per heavy atom. The number of hydrogen-bond acceptors (Lipinski definition) is 4. The molecule has 2 aliphatic rings. The number of fused-ring (bicyclic) bond motifs is 1. The van der Waals surface area contributed by atoms with Gasteiger partial charge >= 0.3 is 6.03 Å². The highest BCUT2D eigenvalue weighted by Gasteiger charge is 2.32. The average Bonchev–Trinajstić information content (AvgIpc) is 3.16. The quantitative estimate of drug-likeness (QED) is 0.749. The summed E-state index contributed by atoms with van der Waals surface area (Å²) in [5, 5.41) is 5.09. The van der Waals surface area contributed by atoms with Crippen LogP contribution in [0.4, 0.5) is 10.5 Å². The van der Waals surface area contributed by atoms with Gasteiger partial charge in [-0.1, -0.05) is 18.2 Å². The molecule has 0 saturated carbocycles. The molecular weight excluding hydrogens is 358 g/mol. The first-order valence-corrected chi connectivity index (χ1v) is 9.59. The number of carbonyl (C=O) groups is 2. The second-order valence-electron chi connectivity index (χ2n) is 7.05. The smallest absolute Gasteiger partial charge is 0.326 e. The van der Waals surface area contributed by atoms with Crippen LogP contribution in [0.5, 0.6) is 11.5 Å². The van der Waals surface area contributed by atoms with Crippen LogP contribution in [0.3, 0.4) is 0 Å². The fraction of sp³-hybridized carbons (Fsp3) is 0.333. The fourth-order valence-corrected chi connectivity index (χ4v) is 3.86. The molecule has 1 saturated heterocycles. The molecule has 2 aliphatic heterocycles. The zero-order chi connectivity index (χ0) is 19.3. The van der Waals surface area contributed by atoms with Crippen molar-refractivity contribution in [2.45, 2.75) is 18.9 Å². The van der Waals surface area contributed by atoms with Crippen LogP contribution in [-0.2, 0) is 4.79 Å². The number of imide groups is 1. The van der Waals surface area contributed by atoms with E-state index in [1.54, 1.807) is 12.1 Å². The molecule has 2 atom stereocenters. The number of ether oxygens (including phenoxy) is 2. The molecule has 0 bridgehead atoms. The molecule has 0 radical (unpaired) electrons. The van der Waals surface area contributed by atoms with E-state index in [4.69, 9.17) is 9.47 Å². The summed E-state index contributed by atoms with van der Waals surface area (Å²) in [6.07, 6.45) is 2.04. The number of benzene rings is 2. The first kappa shape index (κ1) is 18.3. The lowest BCUT2D eigenvalue weighted by molar-refractivity contribution is -0.910. The van der Waals surface area contributed by atoms with E-state index in [1.165, 1.54) is 0 Å². The van der Waals surface area contributed by atoms with Crippen LogP contribution < -0.4 is 25.0 Å². The average molecular weight is 382 g/mol. The minimum atomic E-state index is -0.509. The molecule has 1 unspecified atom stereocenters. The predicted molar refractivity (Wildman–Crippen MR) is 104 cm³/mol. The van der Waals surface area contributed by atoms with Crippen LogP contribution in [0, 0.1) is 0 Å². The Hall–Kier alpha value is -3.06. The Morgan fingerprint density at radius 3 is 2.64 bits per heavy atom. The van der Waals surface area contributed by atoms with Crippen molar-refractivity contribution in [3.05, 3.63) is 54.1 Å². The van der Waals surface area contributed by atoms with Crippen molar-refractivity contribution in [3.63, 3.8) is 0 Å². The van der Waals surface area contributed by atoms with Gasteiger partial charge < -0.3 is 19.7 Å². The largest absolute Gasteiger partial charge is 0.486 e. The summed E-state index contributed by atoms with van der Waals surface area (Å²) in [5.41, 5.74) is 1.79. The zero-order valence-electron chi connectivity index (χ0n) is 15.6. The normalized spacial score (nSPS) is 20.4. The molecule has 28 heavy (non-hydrogen) atoms. The van der Waals surface area contributed by atoms with Crippen molar-refractivity contribution in [3.8, 4) is 11.5 Å². The number of anilines is 1. The Labute approximate surface area is 163 Å². The van der Waals surface area contributed by atoms with Gasteiger partial charge in [0.25, 0.3) is 5.91 Å². The lowest BCUT2D eigenvalue weighted by atomic mass is 10.0. The van der Waals surface area contributed by atoms with Crippen LogP contribution in [-0.4, -0.2) is 38.2 Å². The van der Waals surface area contributed by atoms with E-state index in [0.29, 0.717) is 18.9 Å². The van der Waals surface area contributed by atoms with Gasteiger partial charge in [-0.25, -0.2) is 4.79 Å². The van der Waals surface area contributed by atoms with Gasteiger partial charge in [-0.05, 0) is 30.3 Å². The summed E-state index contributed by atoms with van der Waals surface area (Å²) < 4.78 is 11.3. The summed E-state index contributed by atoms with van der Waals surface area (Å²) in [7, 11) is 0. The van der Waals surface area contributed by atoms with E-state index < -0.39 is 6.03 Å². The Bertz CT molecular complexity index is 856. The van der Waals surface area contributed by atoms with Gasteiger partial charge in [0.15, 0.2) is 18.0 Å². The van der Waals surface area contributed by atoms with E-state index in [2.05, 4.69) is 10.6 Å². The van der Waals surface area contributed by atoms with E-state index in [-0.39, 0.29) is 18.5 Å². The maximum atomic E-state index is 12.4. The highest BCUT2D eigenvalue weighted by molar-refractivity contribution is 6.01. The first-order valence-electron chi connectivity index (χ1n) is 9.59. The molecular formula is C21H24N3O4+. The zero-order valence-corrected chi connectivity index (χ0v) is 15.6. The second kappa shape index (κ2) is 8.31. The summed E-state index contributed by atoms with van der Waals surface area (Å²) in [5.74, 6) is 1.25. The number of para-hydroxylation sites is 1. The van der Waals surface area contributed by atoms with Gasteiger partial charge in [-0.15, -0.1) is 0 Å². The lowest BCUT2D eigenvalue weighted by Gasteiger charge is -2.23. The topological polar surface area (TPSA) is 81.1 Å². The molecule has 146 valence electrons. The maximum absolute atomic E-state index is 12.4. The van der Waals surface area contributed by atoms with Crippen LogP contribution >= 0.6 is 0 Å². The molecule has 2 aromatic carbocycles. The van der Waals surface area contributed by atoms with Crippen molar-refractivity contribution in [1.82, 2.24) is 5.32 Å². The van der Waals surface area contributed by atoms with Crippen LogP contribution in [0.15, 0.2) is 48.5 Å². The van der Waals surface area contributed by atoms with Crippen molar-refractivity contribution in [2.75, 3.05) is 31.6 Å². The number of carbonyl (C=O) groups excluding carboxylic acids is 2. The monoisotopic (exact) mass is 382 g/mol. The minimum absolute atomic E-state index is 0.207. The van der Waals surface area contributed by atoms with Gasteiger partial charge in [-0.3, -0.25) is 10.1 Å². The molecule has 0 spiro atoms. The number of rotatable bonds is 4. The number of nitrogens with one attached hydrogen (secondary N) is 3. The van der Waals surface area contributed by atoms with Crippen molar-refractivity contribution >= 4 is 17.6 Å². The first-order chi connectivity index (χ1) is 13.7. The molecule has 0 aromatic heterocycles.